The number of amides is 1. The zero-order valence-electron chi connectivity index (χ0n) is 15.5. The zero-order valence-corrected chi connectivity index (χ0v) is 16.3. The van der Waals surface area contributed by atoms with E-state index in [1.54, 1.807) is 0 Å². The number of carbonyl (C=O) groups is 1. The second kappa shape index (κ2) is 6.74. The third kappa shape index (κ3) is 3.00. The van der Waals surface area contributed by atoms with Gasteiger partial charge in [-0.2, -0.15) is 9.36 Å². The fraction of sp³-hybridized carbons (Fsp3) is 0.833. The van der Waals surface area contributed by atoms with Gasteiger partial charge in [-0.15, -0.1) is 0 Å². The summed E-state index contributed by atoms with van der Waals surface area (Å²) in [6.07, 6.45) is 6.54. The standard InChI is InChI=1S/C18H29N5OS/c1-4-6-14-12-9-13(15-7-5-8-16(24)23(14)15)11-22(10-12)18-19-17(20-25-18)21(2)3/h12-15H,4-11H2,1-3H3/t12-,13+,14-,15-/m0/s1. The molecule has 4 atom stereocenters. The minimum atomic E-state index is 0.406. The lowest BCUT2D eigenvalue weighted by molar-refractivity contribution is -0.149. The fourth-order valence-corrected chi connectivity index (χ4v) is 5.87. The first-order chi connectivity index (χ1) is 12.1. The number of rotatable bonds is 4. The predicted molar refractivity (Wildman–Crippen MR) is 101 cm³/mol. The molecule has 25 heavy (non-hydrogen) atoms. The van der Waals surface area contributed by atoms with Crippen molar-refractivity contribution in [2.45, 2.75) is 57.5 Å². The Morgan fingerprint density at radius 2 is 2.08 bits per heavy atom. The van der Waals surface area contributed by atoms with Gasteiger partial charge in [0.1, 0.15) is 0 Å². The molecule has 0 aliphatic carbocycles. The van der Waals surface area contributed by atoms with Gasteiger partial charge in [0, 0.05) is 57.2 Å². The molecule has 3 fully saturated rings. The van der Waals surface area contributed by atoms with Crippen LogP contribution in [0.2, 0.25) is 0 Å². The summed E-state index contributed by atoms with van der Waals surface area (Å²) in [5.74, 6) is 2.37. The summed E-state index contributed by atoms with van der Waals surface area (Å²) < 4.78 is 4.48. The first-order valence-electron chi connectivity index (χ1n) is 9.65. The van der Waals surface area contributed by atoms with E-state index in [-0.39, 0.29) is 0 Å². The second-order valence-electron chi connectivity index (χ2n) is 8.05. The Balaban J connectivity index is 1.59. The molecule has 1 aromatic rings. The van der Waals surface area contributed by atoms with Crippen molar-refractivity contribution in [3.8, 4) is 0 Å². The van der Waals surface area contributed by atoms with E-state index in [1.807, 2.05) is 19.0 Å². The maximum absolute atomic E-state index is 12.7. The minimum Gasteiger partial charge on any atom is -0.346 e. The Labute approximate surface area is 154 Å². The van der Waals surface area contributed by atoms with Crippen LogP contribution in [0, 0.1) is 11.8 Å². The molecule has 138 valence electrons. The molecule has 0 aromatic carbocycles. The fourth-order valence-electron chi connectivity index (χ4n) is 5.12. The van der Waals surface area contributed by atoms with Gasteiger partial charge >= 0.3 is 0 Å². The van der Waals surface area contributed by atoms with Crippen LogP contribution in [0.15, 0.2) is 0 Å². The summed E-state index contributed by atoms with van der Waals surface area (Å²) in [5, 5.41) is 1.05. The van der Waals surface area contributed by atoms with E-state index < -0.39 is 0 Å². The molecule has 6 nitrogen and oxygen atoms in total. The summed E-state index contributed by atoms with van der Waals surface area (Å²) in [4.78, 5) is 24.1. The van der Waals surface area contributed by atoms with Crippen molar-refractivity contribution < 1.29 is 4.79 Å². The lowest BCUT2D eigenvalue weighted by Gasteiger charge is -2.56. The van der Waals surface area contributed by atoms with Crippen LogP contribution < -0.4 is 9.80 Å². The Kier molecular flexibility index (Phi) is 4.60. The minimum absolute atomic E-state index is 0.406. The number of hydrogen-bond donors (Lipinski definition) is 0. The van der Waals surface area contributed by atoms with Gasteiger partial charge in [0.25, 0.3) is 0 Å². The van der Waals surface area contributed by atoms with E-state index in [1.165, 1.54) is 24.4 Å². The molecular formula is C18H29N5OS. The average molecular weight is 364 g/mol. The number of hydrogen-bond acceptors (Lipinski definition) is 6. The van der Waals surface area contributed by atoms with Crippen LogP contribution in [0.1, 0.15) is 45.4 Å². The van der Waals surface area contributed by atoms with Gasteiger partial charge < -0.3 is 14.7 Å². The van der Waals surface area contributed by atoms with Gasteiger partial charge in [0.2, 0.25) is 17.0 Å². The third-order valence-electron chi connectivity index (χ3n) is 6.16. The topological polar surface area (TPSA) is 52.6 Å². The highest BCUT2D eigenvalue weighted by Crippen LogP contribution is 2.44. The third-order valence-corrected chi connectivity index (χ3v) is 6.92. The second-order valence-corrected chi connectivity index (χ2v) is 8.78. The largest absolute Gasteiger partial charge is 0.346 e. The van der Waals surface area contributed by atoms with Crippen molar-refractivity contribution >= 4 is 28.5 Å². The molecule has 0 unspecified atom stereocenters. The van der Waals surface area contributed by atoms with Crippen LogP contribution in [0.5, 0.6) is 0 Å². The van der Waals surface area contributed by atoms with Gasteiger partial charge in [-0.3, -0.25) is 4.79 Å². The molecule has 3 aliphatic rings. The SMILES string of the molecule is CCC[C@H]1[C@H]2C[C@H](CN(c3nc(N(C)C)ns3)C2)[C@@H]2CCCC(=O)N21. The first kappa shape index (κ1) is 17.1. The van der Waals surface area contributed by atoms with Crippen LogP contribution >= 0.6 is 11.5 Å². The summed E-state index contributed by atoms with van der Waals surface area (Å²) in [6.45, 7) is 4.27. The number of nitrogens with zero attached hydrogens (tertiary/aromatic N) is 5. The lowest BCUT2D eigenvalue weighted by atomic mass is 9.71. The summed E-state index contributed by atoms with van der Waals surface area (Å²) >= 11 is 1.51. The Bertz CT molecular complexity index is 633. The van der Waals surface area contributed by atoms with Gasteiger partial charge in [-0.1, -0.05) is 13.3 Å². The molecule has 1 aromatic heterocycles. The smallest absolute Gasteiger partial charge is 0.238 e. The molecular weight excluding hydrogens is 334 g/mol. The predicted octanol–water partition coefficient (Wildman–Crippen LogP) is 2.61. The Morgan fingerprint density at radius 1 is 1.28 bits per heavy atom. The molecule has 0 N–H and O–H groups in total. The molecule has 3 aliphatic heterocycles. The molecule has 1 amide bonds. The summed E-state index contributed by atoms with van der Waals surface area (Å²) in [6, 6.07) is 0.862. The lowest BCUT2D eigenvalue weighted by Crippen LogP contribution is -2.65. The van der Waals surface area contributed by atoms with Gasteiger partial charge in [0.05, 0.1) is 0 Å². The molecule has 0 spiro atoms. The molecule has 4 heterocycles. The molecule has 2 bridgehead atoms. The van der Waals surface area contributed by atoms with Crippen molar-refractivity contribution in [1.29, 1.82) is 0 Å². The van der Waals surface area contributed by atoms with Crippen LogP contribution in [0.3, 0.4) is 0 Å². The van der Waals surface area contributed by atoms with Crippen LogP contribution in [0.4, 0.5) is 11.1 Å². The average Bonchev–Trinajstić information content (AvgIpc) is 3.09. The Hall–Kier alpha value is -1.37. The normalized spacial score (nSPS) is 31.9. The van der Waals surface area contributed by atoms with E-state index in [2.05, 4.69) is 21.1 Å². The number of aromatic nitrogens is 2. The van der Waals surface area contributed by atoms with E-state index in [0.29, 0.717) is 29.8 Å². The van der Waals surface area contributed by atoms with Gasteiger partial charge in [-0.25, -0.2) is 0 Å². The molecule has 7 heteroatoms. The number of fused-ring (bicyclic) bond motifs is 4. The Morgan fingerprint density at radius 3 is 2.80 bits per heavy atom. The van der Waals surface area contributed by atoms with E-state index in [4.69, 9.17) is 4.98 Å². The first-order valence-corrected chi connectivity index (χ1v) is 10.4. The van der Waals surface area contributed by atoms with E-state index >= 15 is 0 Å². The maximum Gasteiger partial charge on any atom is 0.238 e. The van der Waals surface area contributed by atoms with E-state index in [9.17, 15) is 4.79 Å². The number of anilines is 2. The quantitative estimate of drug-likeness (QED) is 0.823. The van der Waals surface area contributed by atoms with Crippen molar-refractivity contribution in [2.24, 2.45) is 11.8 Å². The molecule has 0 saturated carbocycles. The molecule has 3 saturated heterocycles. The summed E-state index contributed by atoms with van der Waals surface area (Å²) in [5.41, 5.74) is 0. The van der Waals surface area contributed by atoms with Crippen molar-refractivity contribution in [3.05, 3.63) is 0 Å². The van der Waals surface area contributed by atoms with Crippen LogP contribution in [-0.4, -0.2) is 59.4 Å². The molecule has 4 rings (SSSR count). The number of piperidine rings is 3. The van der Waals surface area contributed by atoms with Gasteiger partial charge in [-0.05, 0) is 37.5 Å². The van der Waals surface area contributed by atoms with Gasteiger partial charge in [0.15, 0.2) is 0 Å². The highest BCUT2D eigenvalue weighted by atomic mass is 32.1. The molecule has 0 radical (unpaired) electrons. The van der Waals surface area contributed by atoms with Crippen molar-refractivity contribution in [1.82, 2.24) is 14.3 Å². The van der Waals surface area contributed by atoms with E-state index in [0.717, 1.165) is 49.9 Å². The monoisotopic (exact) mass is 363 g/mol. The highest BCUT2D eigenvalue weighted by molar-refractivity contribution is 7.09. The van der Waals surface area contributed by atoms with Crippen molar-refractivity contribution in [3.63, 3.8) is 0 Å². The van der Waals surface area contributed by atoms with Crippen LogP contribution in [-0.2, 0) is 4.79 Å². The van der Waals surface area contributed by atoms with Crippen molar-refractivity contribution in [2.75, 3.05) is 37.0 Å². The number of carbonyl (C=O) groups excluding carboxylic acids is 1. The maximum atomic E-state index is 12.7. The van der Waals surface area contributed by atoms with Crippen LogP contribution in [0.25, 0.3) is 0 Å². The highest BCUT2D eigenvalue weighted by Gasteiger charge is 2.49. The zero-order chi connectivity index (χ0) is 17.6. The summed E-state index contributed by atoms with van der Waals surface area (Å²) in [7, 11) is 3.97.